The van der Waals surface area contributed by atoms with Gasteiger partial charge in [-0.1, -0.05) is 78.9 Å². The number of nitrogens with one attached hydrogen (secondary N) is 1. The van der Waals surface area contributed by atoms with Crippen LogP contribution in [0.3, 0.4) is 0 Å². The number of nitrogens with zero attached hydrogens (tertiary/aromatic N) is 1. The van der Waals surface area contributed by atoms with Gasteiger partial charge in [0.1, 0.15) is 11.9 Å². The van der Waals surface area contributed by atoms with Gasteiger partial charge in [-0.2, -0.15) is 0 Å². The van der Waals surface area contributed by atoms with E-state index in [9.17, 15) is 4.79 Å². The summed E-state index contributed by atoms with van der Waals surface area (Å²) in [6.07, 6.45) is 1.31. The molecule has 0 aromatic heterocycles. The molecule has 200 valence electrons. The van der Waals surface area contributed by atoms with Gasteiger partial charge in [-0.25, -0.2) is 4.39 Å². The molecule has 3 aromatic rings. The fourth-order valence-electron chi connectivity index (χ4n) is 6.80. The first-order valence-corrected chi connectivity index (χ1v) is 13.9. The lowest BCUT2D eigenvalue weighted by Gasteiger charge is -2.48. The standard InChI is InChI=1S/C33H39FN2O2/c1-36(2)20-11-21-38-30-17-10-9-12-24(30)22-29(37)32-31-27(23-35-32)33(19-18-28(31)34,25-13-5-3-6-14-25)26-15-7-4-8-16-26/h3-10,12-17,27-28,31-32,35H,11,18-23H2,1-2H3. The molecule has 4 nitrogen and oxygen atoms in total. The smallest absolute Gasteiger partial charge is 0.154 e. The predicted octanol–water partition coefficient (Wildman–Crippen LogP) is 5.45. The van der Waals surface area contributed by atoms with Gasteiger partial charge in [0, 0.05) is 36.4 Å². The van der Waals surface area contributed by atoms with Gasteiger partial charge in [0.25, 0.3) is 0 Å². The highest BCUT2D eigenvalue weighted by atomic mass is 19.1. The molecule has 5 rings (SSSR count). The Morgan fingerprint density at radius 3 is 2.26 bits per heavy atom. The molecule has 1 aliphatic heterocycles. The van der Waals surface area contributed by atoms with Crippen molar-refractivity contribution in [2.75, 3.05) is 33.8 Å². The Morgan fingerprint density at radius 2 is 1.61 bits per heavy atom. The van der Waals surface area contributed by atoms with Crippen molar-refractivity contribution in [3.8, 4) is 5.75 Å². The summed E-state index contributed by atoms with van der Waals surface area (Å²) in [5.41, 5.74) is 2.96. The number of carbonyl (C=O) groups excluding carboxylic acids is 1. The van der Waals surface area contributed by atoms with Gasteiger partial charge in [-0.05, 0) is 56.5 Å². The lowest BCUT2D eigenvalue weighted by atomic mass is 9.55. The molecular formula is C33H39FN2O2. The summed E-state index contributed by atoms with van der Waals surface area (Å²) in [5.74, 6) is 0.409. The third kappa shape index (κ3) is 5.27. The van der Waals surface area contributed by atoms with Gasteiger partial charge in [0.15, 0.2) is 5.78 Å². The van der Waals surface area contributed by atoms with Crippen LogP contribution in [0.5, 0.6) is 5.75 Å². The molecule has 1 heterocycles. The fourth-order valence-corrected chi connectivity index (χ4v) is 6.80. The van der Waals surface area contributed by atoms with Crippen LogP contribution in [-0.4, -0.2) is 56.7 Å². The molecule has 1 saturated heterocycles. The molecule has 4 atom stereocenters. The van der Waals surface area contributed by atoms with Gasteiger partial charge in [-0.15, -0.1) is 0 Å². The first kappa shape index (κ1) is 26.6. The van der Waals surface area contributed by atoms with Crippen LogP contribution in [0.1, 0.15) is 36.0 Å². The highest BCUT2D eigenvalue weighted by molar-refractivity contribution is 5.87. The summed E-state index contributed by atoms with van der Waals surface area (Å²) in [5, 5.41) is 3.49. The summed E-state index contributed by atoms with van der Waals surface area (Å²) in [6, 6.07) is 28.2. The van der Waals surface area contributed by atoms with Gasteiger partial charge in [0.05, 0.1) is 12.6 Å². The molecule has 3 aromatic carbocycles. The maximum Gasteiger partial charge on any atom is 0.154 e. The van der Waals surface area contributed by atoms with Crippen molar-refractivity contribution >= 4 is 5.78 Å². The van der Waals surface area contributed by atoms with E-state index in [1.54, 1.807) is 0 Å². The first-order chi connectivity index (χ1) is 18.5. The van der Waals surface area contributed by atoms with E-state index in [4.69, 9.17) is 4.74 Å². The van der Waals surface area contributed by atoms with Crippen LogP contribution in [0.2, 0.25) is 0 Å². The quantitative estimate of drug-likeness (QED) is 0.365. The monoisotopic (exact) mass is 514 g/mol. The Morgan fingerprint density at radius 1 is 0.974 bits per heavy atom. The van der Waals surface area contributed by atoms with Crippen molar-refractivity contribution < 1.29 is 13.9 Å². The summed E-state index contributed by atoms with van der Waals surface area (Å²) in [7, 11) is 4.09. The van der Waals surface area contributed by atoms with Crippen molar-refractivity contribution in [1.29, 1.82) is 0 Å². The average Bonchev–Trinajstić information content (AvgIpc) is 3.40. The van der Waals surface area contributed by atoms with Crippen LogP contribution in [0.25, 0.3) is 0 Å². The number of hydrogen-bond acceptors (Lipinski definition) is 4. The van der Waals surface area contributed by atoms with E-state index in [0.29, 0.717) is 19.6 Å². The Balaban J connectivity index is 1.39. The summed E-state index contributed by atoms with van der Waals surface area (Å²) >= 11 is 0. The van der Waals surface area contributed by atoms with E-state index in [2.05, 4.69) is 58.7 Å². The van der Waals surface area contributed by atoms with Crippen molar-refractivity contribution in [1.82, 2.24) is 10.2 Å². The van der Waals surface area contributed by atoms with Crippen LogP contribution in [0, 0.1) is 11.8 Å². The zero-order valence-electron chi connectivity index (χ0n) is 22.5. The number of benzene rings is 3. The van der Waals surface area contributed by atoms with Gasteiger partial charge < -0.3 is 15.0 Å². The van der Waals surface area contributed by atoms with E-state index in [-0.39, 0.29) is 29.5 Å². The summed E-state index contributed by atoms with van der Waals surface area (Å²) in [6.45, 7) is 2.16. The zero-order valence-corrected chi connectivity index (χ0v) is 22.5. The highest BCUT2D eigenvalue weighted by Gasteiger charge is 2.57. The number of fused-ring (bicyclic) bond motifs is 1. The van der Waals surface area contributed by atoms with Gasteiger partial charge in [-0.3, -0.25) is 4.79 Å². The van der Waals surface area contributed by atoms with Gasteiger partial charge in [0.2, 0.25) is 0 Å². The van der Waals surface area contributed by atoms with E-state index in [0.717, 1.165) is 30.7 Å². The molecule has 0 radical (unpaired) electrons. The maximum absolute atomic E-state index is 15.8. The minimum absolute atomic E-state index is 0.0115. The fraction of sp³-hybridized carbons (Fsp3) is 0.424. The number of ketones is 1. The van der Waals surface area contributed by atoms with Crippen LogP contribution in [0.4, 0.5) is 4.39 Å². The van der Waals surface area contributed by atoms with Crippen LogP contribution in [-0.2, 0) is 16.6 Å². The highest BCUT2D eigenvalue weighted by Crippen LogP contribution is 2.54. The molecule has 5 heteroatoms. The Labute approximate surface area is 226 Å². The largest absolute Gasteiger partial charge is 0.493 e. The second kappa shape index (κ2) is 11.8. The number of ether oxygens (including phenoxy) is 1. The number of halogens is 1. The van der Waals surface area contributed by atoms with Crippen LogP contribution in [0.15, 0.2) is 84.9 Å². The topological polar surface area (TPSA) is 41.6 Å². The summed E-state index contributed by atoms with van der Waals surface area (Å²) in [4.78, 5) is 15.9. The summed E-state index contributed by atoms with van der Waals surface area (Å²) < 4.78 is 21.8. The third-order valence-electron chi connectivity index (χ3n) is 8.54. The third-order valence-corrected chi connectivity index (χ3v) is 8.54. The molecule has 2 fully saturated rings. The number of carbonyl (C=O) groups is 1. The molecule has 0 amide bonds. The second-order valence-electron chi connectivity index (χ2n) is 11.1. The maximum atomic E-state index is 15.8. The van der Waals surface area contributed by atoms with Crippen LogP contribution < -0.4 is 10.1 Å². The normalized spacial score (nSPS) is 24.2. The molecule has 38 heavy (non-hydrogen) atoms. The lowest BCUT2D eigenvalue weighted by molar-refractivity contribution is -0.122. The molecule has 1 N–H and O–H groups in total. The van der Waals surface area contributed by atoms with Crippen molar-refractivity contribution in [2.45, 2.75) is 43.3 Å². The lowest BCUT2D eigenvalue weighted by Crippen LogP contribution is -2.50. The van der Waals surface area contributed by atoms with Crippen molar-refractivity contribution in [3.63, 3.8) is 0 Å². The number of hydrogen-bond donors (Lipinski definition) is 1. The molecule has 2 aliphatic rings. The zero-order chi connectivity index (χ0) is 26.5. The number of Topliss-reactive ketones (excluding diaryl/α,β-unsaturated/α-hetero) is 1. The molecule has 4 unspecified atom stereocenters. The van der Waals surface area contributed by atoms with Crippen LogP contribution >= 0.6 is 0 Å². The molecule has 1 saturated carbocycles. The number of para-hydroxylation sites is 1. The van der Waals surface area contributed by atoms with E-state index in [1.807, 2.05) is 50.5 Å². The Hall–Kier alpha value is -3.02. The second-order valence-corrected chi connectivity index (χ2v) is 11.1. The van der Waals surface area contributed by atoms with E-state index in [1.165, 1.54) is 11.1 Å². The molecular weight excluding hydrogens is 475 g/mol. The first-order valence-electron chi connectivity index (χ1n) is 13.9. The molecule has 0 bridgehead atoms. The van der Waals surface area contributed by atoms with Gasteiger partial charge >= 0.3 is 0 Å². The van der Waals surface area contributed by atoms with E-state index >= 15 is 4.39 Å². The molecule has 1 aliphatic carbocycles. The van der Waals surface area contributed by atoms with Crippen molar-refractivity contribution in [3.05, 3.63) is 102 Å². The van der Waals surface area contributed by atoms with Crippen molar-refractivity contribution in [2.24, 2.45) is 11.8 Å². The Bertz CT molecular complexity index is 1160. The predicted molar refractivity (Wildman–Crippen MR) is 150 cm³/mol. The Kier molecular flexibility index (Phi) is 8.25. The SMILES string of the molecule is CN(C)CCCOc1ccccc1CC(=O)C1NCC2C1C(F)CCC2(c1ccccc1)c1ccccc1. The van der Waals surface area contributed by atoms with E-state index < -0.39 is 12.2 Å². The molecule has 0 spiro atoms. The minimum atomic E-state index is -1.01. The number of rotatable bonds is 10. The number of alkyl halides is 1. The minimum Gasteiger partial charge on any atom is -0.493 e. The average molecular weight is 515 g/mol.